The van der Waals surface area contributed by atoms with Crippen LogP contribution in [0.3, 0.4) is 0 Å². The lowest BCUT2D eigenvalue weighted by Crippen LogP contribution is -1.96. The van der Waals surface area contributed by atoms with Crippen LogP contribution in [-0.4, -0.2) is 9.55 Å². The van der Waals surface area contributed by atoms with Crippen LogP contribution in [0.1, 0.15) is 0 Å². The zero-order valence-electron chi connectivity index (χ0n) is 16.2. The van der Waals surface area contributed by atoms with Gasteiger partial charge in [-0.05, 0) is 34.4 Å². The van der Waals surface area contributed by atoms with Gasteiger partial charge in [-0.2, -0.15) is 0 Å². The van der Waals surface area contributed by atoms with Crippen molar-refractivity contribution in [2.75, 3.05) is 0 Å². The molecule has 0 spiro atoms. The molecule has 0 unspecified atom stereocenters. The van der Waals surface area contributed by atoms with Crippen LogP contribution < -0.4 is 0 Å². The molecule has 0 bridgehead atoms. The van der Waals surface area contributed by atoms with E-state index in [0.717, 1.165) is 21.8 Å². The third kappa shape index (κ3) is 3.31. The van der Waals surface area contributed by atoms with Gasteiger partial charge in [0.1, 0.15) is 12.1 Å². The maximum absolute atomic E-state index is 14.0. The van der Waals surface area contributed by atoms with Crippen LogP contribution in [0.15, 0.2) is 116 Å². The van der Waals surface area contributed by atoms with E-state index >= 15 is 0 Å². The van der Waals surface area contributed by atoms with Crippen LogP contribution in [0.25, 0.3) is 38.3 Å². The molecule has 0 saturated carbocycles. The Bertz CT molecular complexity index is 1400. The summed E-state index contributed by atoms with van der Waals surface area (Å²) in [6.07, 6.45) is 1.68. The monoisotopic (exact) mass is 390 g/mol. The van der Waals surface area contributed by atoms with Crippen LogP contribution in [0.2, 0.25) is 0 Å². The molecule has 0 aliphatic heterocycles. The van der Waals surface area contributed by atoms with Gasteiger partial charge < -0.3 is 0 Å². The molecule has 0 fully saturated rings. The molecular formula is C27H19FN2. The Morgan fingerprint density at radius 2 is 1.13 bits per heavy atom. The molecule has 0 atom stereocenters. The Kier molecular flexibility index (Phi) is 4.70. The predicted octanol–water partition coefficient (Wildman–Crippen LogP) is 7.16. The maximum Gasteiger partial charge on any atom is 0.147 e. The average Bonchev–Trinajstić information content (AvgIpc) is 3.24. The van der Waals surface area contributed by atoms with Crippen molar-refractivity contribution in [2.24, 2.45) is 0 Å². The first-order valence-corrected chi connectivity index (χ1v) is 9.85. The van der Waals surface area contributed by atoms with Crippen LogP contribution in [-0.2, 0) is 0 Å². The van der Waals surface area contributed by atoms with Gasteiger partial charge >= 0.3 is 0 Å². The number of imidazole rings is 1. The smallest absolute Gasteiger partial charge is 0.147 e. The van der Waals surface area contributed by atoms with Crippen molar-refractivity contribution in [2.45, 2.75) is 0 Å². The summed E-state index contributed by atoms with van der Waals surface area (Å²) in [7, 11) is 0. The summed E-state index contributed by atoms with van der Waals surface area (Å²) in [6.45, 7) is 0. The summed E-state index contributed by atoms with van der Waals surface area (Å²) in [5, 5.41) is 4.82. The van der Waals surface area contributed by atoms with E-state index in [1.807, 2.05) is 47.0 Å². The predicted molar refractivity (Wildman–Crippen MR) is 122 cm³/mol. The standard InChI is InChI=1S/C17H11FN2.C10H8/c18-14-7-3-4-8-16(14)20-11-19-15-10-9-12-5-1-2-6-13(12)17(15)20;1-2-6-10-8-4-3-7-9(10)5-1/h1-11H;1-8H. The van der Waals surface area contributed by atoms with Crippen LogP contribution in [0, 0.1) is 5.82 Å². The molecular weight excluding hydrogens is 371 g/mol. The van der Waals surface area contributed by atoms with Crippen molar-refractivity contribution in [1.29, 1.82) is 0 Å². The molecule has 1 heterocycles. The Morgan fingerprint density at radius 3 is 1.80 bits per heavy atom. The van der Waals surface area contributed by atoms with E-state index in [4.69, 9.17) is 0 Å². The number of hydrogen-bond acceptors (Lipinski definition) is 1. The highest BCUT2D eigenvalue weighted by Gasteiger charge is 2.11. The van der Waals surface area contributed by atoms with Gasteiger partial charge in [-0.15, -0.1) is 0 Å². The molecule has 5 aromatic carbocycles. The first-order valence-electron chi connectivity index (χ1n) is 9.85. The fraction of sp³-hybridized carbons (Fsp3) is 0. The lowest BCUT2D eigenvalue weighted by atomic mass is 10.1. The molecule has 2 nitrogen and oxygen atoms in total. The van der Waals surface area contributed by atoms with Crippen molar-refractivity contribution in [3.8, 4) is 5.69 Å². The lowest BCUT2D eigenvalue weighted by molar-refractivity contribution is 0.619. The third-order valence-corrected chi connectivity index (χ3v) is 5.20. The molecule has 0 aliphatic carbocycles. The largest absolute Gasteiger partial charge is 0.295 e. The molecule has 0 N–H and O–H groups in total. The summed E-state index contributed by atoms with van der Waals surface area (Å²) in [5.74, 6) is -0.250. The Morgan fingerprint density at radius 1 is 0.567 bits per heavy atom. The number of hydrogen-bond donors (Lipinski definition) is 0. The highest BCUT2D eigenvalue weighted by molar-refractivity contribution is 6.05. The van der Waals surface area contributed by atoms with E-state index in [2.05, 4.69) is 53.5 Å². The van der Waals surface area contributed by atoms with Crippen LogP contribution in [0.5, 0.6) is 0 Å². The zero-order chi connectivity index (χ0) is 20.3. The van der Waals surface area contributed by atoms with Crippen LogP contribution >= 0.6 is 0 Å². The molecule has 0 aliphatic rings. The average molecular weight is 390 g/mol. The molecule has 30 heavy (non-hydrogen) atoms. The third-order valence-electron chi connectivity index (χ3n) is 5.20. The fourth-order valence-electron chi connectivity index (χ4n) is 3.74. The second-order valence-corrected chi connectivity index (χ2v) is 7.07. The molecule has 6 aromatic rings. The molecule has 6 rings (SSSR count). The minimum atomic E-state index is -0.250. The second kappa shape index (κ2) is 7.80. The van der Waals surface area contributed by atoms with Crippen LogP contribution in [0.4, 0.5) is 4.39 Å². The van der Waals surface area contributed by atoms with Gasteiger partial charge in [0.05, 0.1) is 16.7 Å². The Labute approximate surface area is 173 Å². The number of halogens is 1. The highest BCUT2D eigenvalue weighted by atomic mass is 19.1. The van der Waals surface area contributed by atoms with E-state index in [0.29, 0.717) is 5.69 Å². The van der Waals surface area contributed by atoms with Gasteiger partial charge in [0, 0.05) is 5.39 Å². The van der Waals surface area contributed by atoms with E-state index < -0.39 is 0 Å². The molecule has 0 amide bonds. The normalized spacial score (nSPS) is 10.8. The Hall–Kier alpha value is -3.98. The first-order chi connectivity index (χ1) is 14.8. The number of nitrogens with zero attached hydrogens (tertiary/aromatic N) is 2. The first kappa shape index (κ1) is 18.1. The van der Waals surface area contributed by atoms with Crippen molar-refractivity contribution in [1.82, 2.24) is 9.55 Å². The van der Waals surface area contributed by atoms with Crippen molar-refractivity contribution in [3.05, 3.63) is 121 Å². The van der Waals surface area contributed by atoms with Gasteiger partial charge in [0.2, 0.25) is 0 Å². The summed E-state index contributed by atoms with van der Waals surface area (Å²) in [6, 6.07) is 35.5. The van der Waals surface area contributed by atoms with Gasteiger partial charge in [-0.3, -0.25) is 4.57 Å². The van der Waals surface area contributed by atoms with Gasteiger partial charge in [-0.25, -0.2) is 9.37 Å². The highest BCUT2D eigenvalue weighted by Crippen LogP contribution is 2.27. The second-order valence-electron chi connectivity index (χ2n) is 7.07. The summed E-state index contributed by atoms with van der Waals surface area (Å²) < 4.78 is 15.8. The number of rotatable bonds is 1. The molecule has 3 heteroatoms. The lowest BCUT2D eigenvalue weighted by Gasteiger charge is -2.07. The summed E-state index contributed by atoms with van der Waals surface area (Å²) >= 11 is 0. The van der Waals surface area contributed by atoms with Crippen molar-refractivity contribution in [3.63, 3.8) is 0 Å². The van der Waals surface area contributed by atoms with E-state index in [1.54, 1.807) is 18.5 Å². The summed E-state index contributed by atoms with van der Waals surface area (Å²) in [4.78, 5) is 4.38. The minimum Gasteiger partial charge on any atom is -0.295 e. The SMILES string of the molecule is Fc1ccccc1-n1cnc2ccc3ccccc3c21.c1ccc2ccccc2c1. The maximum atomic E-state index is 14.0. The van der Waals surface area contributed by atoms with Crippen molar-refractivity contribution >= 4 is 32.6 Å². The fourth-order valence-corrected chi connectivity index (χ4v) is 3.74. The van der Waals surface area contributed by atoms with Crippen molar-refractivity contribution < 1.29 is 4.39 Å². The topological polar surface area (TPSA) is 17.8 Å². The number of para-hydroxylation sites is 1. The number of benzene rings is 5. The van der Waals surface area contributed by atoms with Gasteiger partial charge in [0.25, 0.3) is 0 Å². The number of fused-ring (bicyclic) bond motifs is 4. The van der Waals surface area contributed by atoms with E-state index in [-0.39, 0.29) is 5.82 Å². The van der Waals surface area contributed by atoms with E-state index in [9.17, 15) is 4.39 Å². The van der Waals surface area contributed by atoms with Gasteiger partial charge in [0.15, 0.2) is 0 Å². The molecule has 0 saturated heterocycles. The quantitative estimate of drug-likeness (QED) is 0.291. The molecule has 1 aromatic heterocycles. The minimum absolute atomic E-state index is 0.250. The van der Waals surface area contributed by atoms with Gasteiger partial charge in [-0.1, -0.05) is 91.0 Å². The zero-order valence-corrected chi connectivity index (χ0v) is 16.2. The van der Waals surface area contributed by atoms with E-state index in [1.165, 1.54) is 16.8 Å². The molecule has 0 radical (unpaired) electrons. The summed E-state index contributed by atoms with van der Waals surface area (Å²) in [5.41, 5.74) is 2.33. The Balaban J connectivity index is 0.000000161. The number of aromatic nitrogens is 2. The molecule has 144 valence electrons.